The Kier molecular flexibility index (Phi) is 5.81. The lowest BCUT2D eigenvalue weighted by atomic mass is 10.1. The SMILES string of the molecule is CCCNCc1cc(C)ccc1OCCc1nccn1C. The highest BCUT2D eigenvalue weighted by molar-refractivity contribution is 5.36. The Morgan fingerprint density at radius 1 is 1.33 bits per heavy atom. The van der Waals surface area contributed by atoms with E-state index in [1.165, 1.54) is 11.1 Å². The Morgan fingerprint density at radius 3 is 2.90 bits per heavy atom. The number of hydrogen-bond acceptors (Lipinski definition) is 3. The van der Waals surface area contributed by atoms with Gasteiger partial charge in [0.25, 0.3) is 0 Å². The fraction of sp³-hybridized carbons (Fsp3) is 0.471. The number of nitrogens with one attached hydrogen (secondary N) is 1. The van der Waals surface area contributed by atoms with Gasteiger partial charge in [-0.15, -0.1) is 0 Å². The van der Waals surface area contributed by atoms with E-state index in [4.69, 9.17) is 4.74 Å². The molecule has 0 spiro atoms. The summed E-state index contributed by atoms with van der Waals surface area (Å²) in [6.45, 7) is 6.82. The molecule has 0 aliphatic rings. The average Bonchev–Trinajstić information content (AvgIpc) is 2.87. The second-order valence-corrected chi connectivity index (χ2v) is 5.34. The van der Waals surface area contributed by atoms with Crippen molar-refractivity contribution in [2.75, 3.05) is 13.2 Å². The quantitative estimate of drug-likeness (QED) is 0.759. The molecule has 4 nitrogen and oxygen atoms in total. The van der Waals surface area contributed by atoms with Gasteiger partial charge in [0.05, 0.1) is 6.61 Å². The van der Waals surface area contributed by atoms with E-state index in [0.29, 0.717) is 6.61 Å². The van der Waals surface area contributed by atoms with Gasteiger partial charge >= 0.3 is 0 Å². The highest BCUT2D eigenvalue weighted by Gasteiger charge is 2.05. The fourth-order valence-corrected chi connectivity index (χ4v) is 2.28. The normalized spacial score (nSPS) is 10.8. The lowest BCUT2D eigenvalue weighted by Crippen LogP contribution is -2.15. The Balaban J connectivity index is 1.93. The van der Waals surface area contributed by atoms with Crippen LogP contribution in [0.4, 0.5) is 0 Å². The highest BCUT2D eigenvalue weighted by atomic mass is 16.5. The molecule has 1 aromatic heterocycles. The summed E-state index contributed by atoms with van der Waals surface area (Å²) in [4.78, 5) is 4.31. The Morgan fingerprint density at radius 2 is 2.19 bits per heavy atom. The van der Waals surface area contributed by atoms with Crippen molar-refractivity contribution < 1.29 is 4.74 Å². The van der Waals surface area contributed by atoms with Crippen molar-refractivity contribution in [3.63, 3.8) is 0 Å². The van der Waals surface area contributed by atoms with Crippen molar-refractivity contribution in [2.45, 2.75) is 33.2 Å². The first-order chi connectivity index (χ1) is 10.2. The summed E-state index contributed by atoms with van der Waals surface area (Å²) in [5.74, 6) is 2.02. The Labute approximate surface area is 127 Å². The lowest BCUT2D eigenvalue weighted by molar-refractivity contribution is 0.313. The van der Waals surface area contributed by atoms with Gasteiger partial charge in [-0.3, -0.25) is 0 Å². The van der Waals surface area contributed by atoms with Gasteiger partial charge in [-0.05, 0) is 26.0 Å². The molecular weight excluding hydrogens is 262 g/mol. The minimum Gasteiger partial charge on any atom is -0.493 e. The van der Waals surface area contributed by atoms with Gasteiger partial charge in [-0.25, -0.2) is 4.98 Å². The van der Waals surface area contributed by atoms with Gasteiger partial charge in [0.15, 0.2) is 0 Å². The second kappa shape index (κ2) is 7.84. The van der Waals surface area contributed by atoms with Crippen LogP contribution in [0.15, 0.2) is 30.6 Å². The molecule has 0 radical (unpaired) electrons. The van der Waals surface area contributed by atoms with Crippen molar-refractivity contribution >= 4 is 0 Å². The molecule has 1 aromatic carbocycles. The zero-order chi connectivity index (χ0) is 15.1. The van der Waals surface area contributed by atoms with E-state index in [1.54, 1.807) is 0 Å². The molecule has 0 saturated carbocycles. The van der Waals surface area contributed by atoms with Crippen LogP contribution in [0.1, 0.15) is 30.3 Å². The third-order valence-electron chi connectivity index (χ3n) is 3.46. The van der Waals surface area contributed by atoms with Crippen LogP contribution in [0.25, 0.3) is 0 Å². The van der Waals surface area contributed by atoms with E-state index in [2.05, 4.69) is 42.3 Å². The minimum absolute atomic E-state index is 0.648. The summed E-state index contributed by atoms with van der Waals surface area (Å²) in [5.41, 5.74) is 2.49. The molecule has 21 heavy (non-hydrogen) atoms. The molecule has 0 amide bonds. The van der Waals surface area contributed by atoms with E-state index in [9.17, 15) is 0 Å². The molecule has 0 fully saturated rings. The first-order valence-corrected chi connectivity index (χ1v) is 7.60. The van der Waals surface area contributed by atoms with Crippen molar-refractivity contribution in [3.05, 3.63) is 47.5 Å². The number of hydrogen-bond donors (Lipinski definition) is 1. The molecule has 4 heteroatoms. The van der Waals surface area contributed by atoms with Crippen LogP contribution < -0.4 is 10.1 Å². The van der Waals surface area contributed by atoms with Crippen LogP contribution in [0.3, 0.4) is 0 Å². The van der Waals surface area contributed by atoms with Crippen LogP contribution in [0.5, 0.6) is 5.75 Å². The molecule has 0 aliphatic heterocycles. The first kappa shape index (κ1) is 15.6. The molecule has 0 aliphatic carbocycles. The number of rotatable bonds is 8. The fourth-order valence-electron chi connectivity index (χ4n) is 2.28. The minimum atomic E-state index is 0.648. The molecule has 2 aromatic rings. The second-order valence-electron chi connectivity index (χ2n) is 5.34. The maximum absolute atomic E-state index is 5.96. The third kappa shape index (κ3) is 4.60. The van der Waals surface area contributed by atoms with Gasteiger partial charge in [0.2, 0.25) is 0 Å². The smallest absolute Gasteiger partial charge is 0.123 e. The van der Waals surface area contributed by atoms with Crippen LogP contribution in [-0.2, 0) is 20.0 Å². The van der Waals surface area contributed by atoms with Crippen molar-refractivity contribution in [1.29, 1.82) is 0 Å². The summed E-state index contributed by atoms with van der Waals surface area (Å²) >= 11 is 0. The van der Waals surface area contributed by atoms with Crippen LogP contribution in [-0.4, -0.2) is 22.7 Å². The first-order valence-electron chi connectivity index (χ1n) is 7.60. The maximum Gasteiger partial charge on any atom is 0.123 e. The van der Waals surface area contributed by atoms with E-state index in [0.717, 1.165) is 37.5 Å². The Hall–Kier alpha value is -1.81. The summed E-state index contributed by atoms with van der Waals surface area (Å²) in [7, 11) is 2.01. The maximum atomic E-state index is 5.96. The van der Waals surface area contributed by atoms with Gasteiger partial charge < -0.3 is 14.6 Å². The molecule has 0 bridgehead atoms. The number of benzene rings is 1. The Bertz CT molecular complexity index is 563. The molecule has 1 N–H and O–H groups in total. The summed E-state index contributed by atoms with van der Waals surface area (Å²) < 4.78 is 7.99. The number of imidazole rings is 1. The predicted octanol–water partition coefficient (Wildman–Crippen LogP) is 2.85. The third-order valence-corrected chi connectivity index (χ3v) is 3.46. The zero-order valence-electron chi connectivity index (χ0n) is 13.2. The number of aromatic nitrogens is 2. The highest BCUT2D eigenvalue weighted by Crippen LogP contribution is 2.20. The molecule has 114 valence electrons. The predicted molar refractivity (Wildman–Crippen MR) is 85.6 cm³/mol. The van der Waals surface area contributed by atoms with E-state index in [-0.39, 0.29) is 0 Å². The van der Waals surface area contributed by atoms with Crippen molar-refractivity contribution in [1.82, 2.24) is 14.9 Å². The average molecular weight is 287 g/mol. The molecule has 1 heterocycles. The van der Waals surface area contributed by atoms with Gasteiger partial charge in [0.1, 0.15) is 11.6 Å². The molecule has 0 atom stereocenters. The monoisotopic (exact) mass is 287 g/mol. The van der Waals surface area contributed by atoms with Crippen LogP contribution in [0.2, 0.25) is 0 Å². The summed E-state index contributed by atoms with van der Waals surface area (Å²) in [6, 6.07) is 6.36. The van der Waals surface area contributed by atoms with Gasteiger partial charge in [-0.1, -0.05) is 24.6 Å². The van der Waals surface area contributed by atoms with E-state index < -0.39 is 0 Å². The zero-order valence-corrected chi connectivity index (χ0v) is 13.2. The van der Waals surface area contributed by atoms with Gasteiger partial charge in [0, 0.05) is 38.0 Å². The number of ether oxygens (including phenoxy) is 1. The summed E-state index contributed by atoms with van der Waals surface area (Å²) in [5, 5.41) is 3.44. The molecule has 2 rings (SSSR count). The standard InChI is InChI=1S/C17H25N3O/c1-4-8-18-13-15-12-14(2)5-6-16(15)21-11-7-17-19-9-10-20(17)3/h5-6,9-10,12,18H,4,7-8,11,13H2,1-3H3. The number of aryl methyl sites for hydroxylation is 2. The van der Waals surface area contributed by atoms with E-state index >= 15 is 0 Å². The topological polar surface area (TPSA) is 39.1 Å². The summed E-state index contributed by atoms with van der Waals surface area (Å²) in [6.07, 6.45) is 5.74. The lowest BCUT2D eigenvalue weighted by Gasteiger charge is -2.13. The van der Waals surface area contributed by atoms with Crippen molar-refractivity contribution in [2.24, 2.45) is 7.05 Å². The largest absolute Gasteiger partial charge is 0.493 e. The van der Waals surface area contributed by atoms with Crippen LogP contribution in [0, 0.1) is 6.92 Å². The molecular formula is C17H25N3O. The molecule has 0 saturated heterocycles. The van der Waals surface area contributed by atoms with Crippen LogP contribution >= 0.6 is 0 Å². The van der Waals surface area contributed by atoms with Gasteiger partial charge in [-0.2, -0.15) is 0 Å². The molecule has 0 unspecified atom stereocenters. The van der Waals surface area contributed by atoms with Crippen molar-refractivity contribution in [3.8, 4) is 5.75 Å². The van der Waals surface area contributed by atoms with E-state index in [1.807, 2.05) is 24.0 Å². The number of nitrogens with zero attached hydrogens (tertiary/aromatic N) is 2.